The molecule has 1 aromatic rings. The molecule has 4 heteroatoms. The minimum atomic E-state index is -0.110. The summed E-state index contributed by atoms with van der Waals surface area (Å²) in [7, 11) is 0. The second kappa shape index (κ2) is 7.01. The van der Waals surface area contributed by atoms with E-state index in [9.17, 15) is 4.79 Å². The van der Waals surface area contributed by atoms with Crippen molar-refractivity contribution in [3.8, 4) is 5.75 Å². The van der Waals surface area contributed by atoms with Gasteiger partial charge in [-0.05, 0) is 38.5 Å². The number of benzene rings is 1. The second-order valence-electron chi connectivity index (χ2n) is 4.51. The van der Waals surface area contributed by atoms with E-state index in [1.807, 2.05) is 32.9 Å². The van der Waals surface area contributed by atoms with Gasteiger partial charge in [-0.2, -0.15) is 0 Å². The van der Waals surface area contributed by atoms with E-state index >= 15 is 0 Å². The number of nitrogens with one attached hydrogen (secondary N) is 1. The normalized spacial score (nSPS) is 12.3. The van der Waals surface area contributed by atoms with E-state index < -0.39 is 0 Å². The smallest absolute Gasteiger partial charge is 0.251 e. The van der Waals surface area contributed by atoms with Crippen molar-refractivity contribution in [1.82, 2.24) is 5.32 Å². The maximum Gasteiger partial charge on any atom is 0.251 e. The molecular formula is C14H22N2O2. The lowest BCUT2D eigenvalue weighted by Crippen LogP contribution is -2.39. The molecule has 1 amide bonds. The van der Waals surface area contributed by atoms with Crippen LogP contribution in [0.1, 0.15) is 37.6 Å². The van der Waals surface area contributed by atoms with Gasteiger partial charge in [0.1, 0.15) is 5.75 Å². The quantitative estimate of drug-likeness (QED) is 0.811. The molecule has 0 aliphatic rings. The third-order valence-corrected chi connectivity index (χ3v) is 2.58. The summed E-state index contributed by atoms with van der Waals surface area (Å²) in [5, 5.41) is 2.89. The van der Waals surface area contributed by atoms with E-state index in [2.05, 4.69) is 5.32 Å². The van der Waals surface area contributed by atoms with Crippen molar-refractivity contribution < 1.29 is 9.53 Å². The second-order valence-corrected chi connectivity index (χ2v) is 4.51. The van der Waals surface area contributed by atoms with Gasteiger partial charge in [-0.15, -0.1) is 0 Å². The number of ether oxygens (including phenoxy) is 1. The molecule has 1 atom stereocenters. The van der Waals surface area contributed by atoms with Gasteiger partial charge >= 0.3 is 0 Å². The van der Waals surface area contributed by atoms with Gasteiger partial charge in [-0.25, -0.2) is 0 Å². The first-order valence-corrected chi connectivity index (χ1v) is 6.34. The van der Waals surface area contributed by atoms with Crippen molar-refractivity contribution in [2.45, 2.75) is 39.3 Å². The monoisotopic (exact) mass is 250 g/mol. The first kappa shape index (κ1) is 14.5. The summed E-state index contributed by atoms with van der Waals surface area (Å²) in [5.41, 5.74) is 6.16. The Kier molecular flexibility index (Phi) is 5.65. The molecule has 0 radical (unpaired) electrons. The maximum atomic E-state index is 12.0. The highest BCUT2D eigenvalue weighted by Gasteiger charge is 2.11. The zero-order valence-corrected chi connectivity index (χ0v) is 11.3. The number of hydrogen-bond donors (Lipinski definition) is 2. The highest BCUT2D eigenvalue weighted by molar-refractivity contribution is 5.94. The summed E-state index contributed by atoms with van der Waals surface area (Å²) < 4.78 is 5.56. The van der Waals surface area contributed by atoms with Crippen LogP contribution >= 0.6 is 0 Å². The van der Waals surface area contributed by atoms with Gasteiger partial charge in [-0.3, -0.25) is 4.79 Å². The van der Waals surface area contributed by atoms with Crippen LogP contribution in [-0.4, -0.2) is 24.6 Å². The van der Waals surface area contributed by atoms with Crippen LogP contribution < -0.4 is 15.8 Å². The molecule has 0 fully saturated rings. The van der Waals surface area contributed by atoms with Crippen LogP contribution in [0.3, 0.4) is 0 Å². The topological polar surface area (TPSA) is 64.3 Å². The molecule has 0 heterocycles. The van der Waals surface area contributed by atoms with Gasteiger partial charge < -0.3 is 15.8 Å². The standard InChI is InChI=1S/C14H22N2O2/c1-4-12(9-15)16-14(17)11-6-5-7-13(8-11)18-10(2)3/h5-8,10,12H,4,9,15H2,1-3H3,(H,16,17). The summed E-state index contributed by atoms with van der Waals surface area (Å²) in [6.45, 7) is 6.35. The predicted molar refractivity (Wildman–Crippen MR) is 72.8 cm³/mol. The summed E-state index contributed by atoms with van der Waals surface area (Å²) in [4.78, 5) is 12.0. The van der Waals surface area contributed by atoms with E-state index in [0.717, 1.165) is 6.42 Å². The molecule has 0 spiro atoms. The first-order valence-electron chi connectivity index (χ1n) is 6.34. The van der Waals surface area contributed by atoms with Crippen LogP contribution in [-0.2, 0) is 0 Å². The summed E-state index contributed by atoms with van der Waals surface area (Å²) in [6, 6.07) is 7.20. The fraction of sp³-hybridized carbons (Fsp3) is 0.500. The van der Waals surface area contributed by atoms with Crippen molar-refractivity contribution in [2.24, 2.45) is 5.73 Å². The van der Waals surface area contributed by atoms with E-state index in [1.165, 1.54) is 0 Å². The lowest BCUT2D eigenvalue weighted by atomic mass is 10.1. The van der Waals surface area contributed by atoms with Crippen LogP contribution in [0.5, 0.6) is 5.75 Å². The molecule has 0 aliphatic carbocycles. The Labute approximate surface area is 109 Å². The van der Waals surface area contributed by atoms with Gasteiger partial charge in [0.05, 0.1) is 6.10 Å². The molecule has 0 saturated carbocycles. The number of carbonyl (C=O) groups excluding carboxylic acids is 1. The van der Waals surface area contributed by atoms with Crippen LogP contribution in [0.4, 0.5) is 0 Å². The minimum absolute atomic E-state index is 0.0205. The van der Waals surface area contributed by atoms with E-state index in [4.69, 9.17) is 10.5 Å². The van der Waals surface area contributed by atoms with E-state index in [-0.39, 0.29) is 18.1 Å². The molecule has 4 nitrogen and oxygen atoms in total. The van der Waals surface area contributed by atoms with E-state index in [1.54, 1.807) is 12.1 Å². The van der Waals surface area contributed by atoms with Crippen LogP contribution in [0, 0.1) is 0 Å². The molecular weight excluding hydrogens is 228 g/mol. The predicted octanol–water partition coefficient (Wildman–Crippen LogP) is 1.94. The fourth-order valence-electron chi connectivity index (χ4n) is 1.58. The van der Waals surface area contributed by atoms with Gasteiger partial charge in [0.2, 0.25) is 0 Å². The van der Waals surface area contributed by atoms with Gasteiger partial charge in [-0.1, -0.05) is 13.0 Å². The van der Waals surface area contributed by atoms with Gasteiger partial charge in [0.15, 0.2) is 0 Å². The third-order valence-electron chi connectivity index (χ3n) is 2.58. The Balaban J connectivity index is 2.73. The lowest BCUT2D eigenvalue weighted by molar-refractivity contribution is 0.0936. The first-order chi connectivity index (χ1) is 8.56. The number of rotatable bonds is 6. The lowest BCUT2D eigenvalue weighted by Gasteiger charge is -2.15. The number of carbonyl (C=O) groups is 1. The number of nitrogens with two attached hydrogens (primary N) is 1. The molecule has 1 unspecified atom stereocenters. The summed E-state index contributed by atoms with van der Waals surface area (Å²) in [5.74, 6) is 0.597. The summed E-state index contributed by atoms with van der Waals surface area (Å²) in [6.07, 6.45) is 0.917. The van der Waals surface area contributed by atoms with Crippen molar-refractivity contribution >= 4 is 5.91 Å². The van der Waals surface area contributed by atoms with Gasteiger partial charge in [0, 0.05) is 18.2 Å². The third kappa shape index (κ3) is 4.37. The zero-order chi connectivity index (χ0) is 13.5. The fourth-order valence-corrected chi connectivity index (χ4v) is 1.58. The maximum absolute atomic E-state index is 12.0. The Morgan fingerprint density at radius 3 is 2.72 bits per heavy atom. The van der Waals surface area contributed by atoms with Gasteiger partial charge in [0.25, 0.3) is 5.91 Å². The van der Waals surface area contributed by atoms with Crippen molar-refractivity contribution in [2.75, 3.05) is 6.54 Å². The van der Waals surface area contributed by atoms with E-state index in [0.29, 0.717) is 17.9 Å². The molecule has 3 N–H and O–H groups in total. The molecule has 0 aromatic heterocycles. The molecule has 1 rings (SSSR count). The summed E-state index contributed by atoms with van der Waals surface area (Å²) >= 11 is 0. The number of hydrogen-bond acceptors (Lipinski definition) is 3. The Bertz CT molecular complexity index is 387. The SMILES string of the molecule is CCC(CN)NC(=O)c1cccc(OC(C)C)c1. The van der Waals surface area contributed by atoms with Crippen LogP contribution in [0.25, 0.3) is 0 Å². The molecule has 0 aliphatic heterocycles. The van der Waals surface area contributed by atoms with Crippen molar-refractivity contribution in [3.63, 3.8) is 0 Å². The Hall–Kier alpha value is -1.55. The van der Waals surface area contributed by atoms with Crippen molar-refractivity contribution in [1.29, 1.82) is 0 Å². The van der Waals surface area contributed by atoms with Crippen LogP contribution in [0.15, 0.2) is 24.3 Å². The highest BCUT2D eigenvalue weighted by atomic mass is 16.5. The number of amides is 1. The highest BCUT2D eigenvalue weighted by Crippen LogP contribution is 2.15. The molecule has 0 bridgehead atoms. The molecule has 100 valence electrons. The largest absolute Gasteiger partial charge is 0.491 e. The average molecular weight is 250 g/mol. The van der Waals surface area contributed by atoms with Crippen LogP contribution in [0.2, 0.25) is 0 Å². The minimum Gasteiger partial charge on any atom is -0.491 e. The van der Waals surface area contributed by atoms with Crippen molar-refractivity contribution in [3.05, 3.63) is 29.8 Å². The molecule has 18 heavy (non-hydrogen) atoms. The molecule has 0 saturated heterocycles. The molecule has 1 aromatic carbocycles. The Morgan fingerprint density at radius 1 is 1.44 bits per heavy atom. The zero-order valence-electron chi connectivity index (χ0n) is 11.3. The average Bonchev–Trinajstić information content (AvgIpc) is 2.35. The Morgan fingerprint density at radius 2 is 2.17 bits per heavy atom.